The molecule has 1 amide bonds. The molecule has 0 radical (unpaired) electrons. The van der Waals surface area contributed by atoms with E-state index in [0.717, 1.165) is 32.0 Å². The first kappa shape index (κ1) is 18.2. The zero-order valence-corrected chi connectivity index (χ0v) is 14.5. The van der Waals surface area contributed by atoms with Crippen molar-refractivity contribution < 1.29 is 14.7 Å². The van der Waals surface area contributed by atoms with E-state index in [-0.39, 0.29) is 11.8 Å². The largest absolute Gasteiger partial charge is 0.480 e. The van der Waals surface area contributed by atoms with Crippen LogP contribution in [0.5, 0.6) is 0 Å². The summed E-state index contributed by atoms with van der Waals surface area (Å²) in [5.41, 5.74) is 0.439. The first-order valence-corrected chi connectivity index (χ1v) is 8.30. The lowest BCUT2D eigenvalue weighted by molar-refractivity contribution is -0.139. The molecule has 24 heavy (non-hydrogen) atoms. The van der Waals surface area contributed by atoms with Gasteiger partial charge in [-0.05, 0) is 31.5 Å². The van der Waals surface area contributed by atoms with Gasteiger partial charge in [0.2, 0.25) is 0 Å². The van der Waals surface area contributed by atoms with Gasteiger partial charge in [-0.3, -0.25) is 4.79 Å². The molecule has 1 atom stereocenters. The molecular formula is C17H26N4O3. The van der Waals surface area contributed by atoms with Crippen molar-refractivity contribution in [2.75, 3.05) is 38.1 Å². The quantitative estimate of drug-likeness (QED) is 0.809. The molecule has 0 saturated carbocycles. The maximum atomic E-state index is 12.4. The number of amides is 1. The SMILES string of the molecule is CC(C)C[C@@H](NC(=O)c1ccnc(N2CCN(C)CC2)c1)C(=O)O. The molecule has 1 aliphatic heterocycles. The van der Waals surface area contributed by atoms with Crippen LogP contribution in [0.15, 0.2) is 18.3 Å². The van der Waals surface area contributed by atoms with Crippen molar-refractivity contribution in [2.45, 2.75) is 26.3 Å². The third kappa shape index (κ3) is 4.92. The van der Waals surface area contributed by atoms with E-state index in [9.17, 15) is 14.7 Å². The Balaban J connectivity index is 2.06. The van der Waals surface area contributed by atoms with E-state index < -0.39 is 12.0 Å². The lowest BCUT2D eigenvalue weighted by Crippen LogP contribution is -2.45. The van der Waals surface area contributed by atoms with Crippen molar-refractivity contribution in [1.29, 1.82) is 0 Å². The van der Waals surface area contributed by atoms with Crippen LogP contribution in [-0.4, -0.2) is 66.1 Å². The maximum Gasteiger partial charge on any atom is 0.326 e. The molecule has 2 rings (SSSR count). The van der Waals surface area contributed by atoms with Gasteiger partial charge in [-0.2, -0.15) is 0 Å². The summed E-state index contributed by atoms with van der Waals surface area (Å²) in [6.07, 6.45) is 2.00. The van der Waals surface area contributed by atoms with Crippen molar-refractivity contribution >= 4 is 17.7 Å². The number of likely N-dealkylation sites (N-methyl/N-ethyl adjacent to an activating group) is 1. The number of carboxylic acid groups (broad SMARTS) is 1. The van der Waals surface area contributed by atoms with E-state index in [1.54, 1.807) is 18.3 Å². The molecule has 132 valence electrons. The number of aliphatic carboxylic acids is 1. The normalized spacial score (nSPS) is 16.9. The van der Waals surface area contributed by atoms with E-state index in [4.69, 9.17) is 0 Å². The number of carbonyl (C=O) groups is 2. The Morgan fingerprint density at radius 2 is 1.96 bits per heavy atom. The monoisotopic (exact) mass is 334 g/mol. The van der Waals surface area contributed by atoms with Crippen LogP contribution in [0.3, 0.4) is 0 Å². The summed E-state index contributed by atoms with van der Waals surface area (Å²) in [6, 6.07) is 2.47. The minimum absolute atomic E-state index is 0.185. The van der Waals surface area contributed by atoms with E-state index in [2.05, 4.69) is 27.1 Å². The maximum absolute atomic E-state index is 12.4. The van der Waals surface area contributed by atoms with Gasteiger partial charge >= 0.3 is 5.97 Å². The van der Waals surface area contributed by atoms with Crippen LogP contribution in [-0.2, 0) is 4.79 Å². The molecule has 2 N–H and O–H groups in total. The van der Waals surface area contributed by atoms with Crippen LogP contribution in [0.4, 0.5) is 5.82 Å². The summed E-state index contributed by atoms with van der Waals surface area (Å²) in [6.45, 7) is 7.49. The Hall–Kier alpha value is -2.15. The first-order chi connectivity index (χ1) is 11.4. The molecule has 0 aromatic carbocycles. The van der Waals surface area contributed by atoms with Crippen LogP contribution in [0.2, 0.25) is 0 Å². The highest BCUT2D eigenvalue weighted by Crippen LogP contribution is 2.15. The lowest BCUT2D eigenvalue weighted by atomic mass is 10.0. The number of piperazine rings is 1. The lowest BCUT2D eigenvalue weighted by Gasteiger charge is -2.33. The van der Waals surface area contributed by atoms with Crippen LogP contribution in [0.25, 0.3) is 0 Å². The Kier molecular flexibility index (Phi) is 6.14. The zero-order valence-electron chi connectivity index (χ0n) is 14.5. The standard InChI is InChI=1S/C17H26N4O3/c1-12(2)10-14(17(23)24)19-16(22)13-4-5-18-15(11-13)21-8-6-20(3)7-9-21/h4-5,11-12,14H,6-10H2,1-3H3,(H,19,22)(H,23,24)/t14-/m1/s1. The molecule has 1 fully saturated rings. The molecule has 2 heterocycles. The van der Waals surface area contributed by atoms with Gasteiger partial charge in [0.05, 0.1) is 0 Å². The second-order valence-electron chi connectivity index (χ2n) is 6.69. The minimum atomic E-state index is -1.01. The summed E-state index contributed by atoms with van der Waals surface area (Å²) in [5.74, 6) is -0.442. The average Bonchev–Trinajstić information content (AvgIpc) is 2.54. The summed E-state index contributed by atoms with van der Waals surface area (Å²) in [4.78, 5) is 32.4. The van der Waals surface area contributed by atoms with Gasteiger partial charge in [-0.1, -0.05) is 13.8 Å². The predicted octanol–water partition coefficient (Wildman–Crippen LogP) is 1.06. The van der Waals surface area contributed by atoms with Crippen molar-refractivity contribution in [2.24, 2.45) is 5.92 Å². The van der Waals surface area contributed by atoms with Gasteiger partial charge in [-0.25, -0.2) is 9.78 Å². The second kappa shape index (κ2) is 8.10. The van der Waals surface area contributed by atoms with E-state index in [1.807, 2.05) is 13.8 Å². The molecule has 1 aliphatic rings. The molecule has 0 bridgehead atoms. The van der Waals surface area contributed by atoms with E-state index >= 15 is 0 Å². The summed E-state index contributed by atoms with van der Waals surface area (Å²) < 4.78 is 0. The predicted molar refractivity (Wildman–Crippen MR) is 92.3 cm³/mol. The molecule has 1 aromatic rings. The van der Waals surface area contributed by atoms with Gasteiger partial charge in [0.1, 0.15) is 11.9 Å². The third-order valence-corrected chi connectivity index (χ3v) is 4.15. The number of rotatable bonds is 6. The molecule has 7 nitrogen and oxygen atoms in total. The summed E-state index contributed by atoms with van der Waals surface area (Å²) in [7, 11) is 2.08. The average molecular weight is 334 g/mol. The zero-order chi connectivity index (χ0) is 17.7. The summed E-state index contributed by atoms with van der Waals surface area (Å²) in [5, 5.41) is 11.9. The third-order valence-electron chi connectivity index (χ3n) is 4.15. The molecule has 1 saturated heterocycles. The summed E-state index contributed by atoms with van der Waals surface area (Å²) >= 11 is 0. The highest BCUT2D eigenvalue weighted by Gasteiger charge is 2.22. The van der Waals surface area contributed by atoms with Crippen molar-refractivity contribution in [1.82, 2.24) is 15.2 Å². The van der Waals surface area contributed by atoms with Crippen molar-refractivity contribution in [3.05, 3.63) is 23.9 Å². The fraction of sp³-hybridized carbons (Fsp3) is 0.588. The van der Waals surface area contributed by atoms with Gasteiger partial charge in [0.15, 0.2) is 0 Å². The number of anilines is 1. The van der Waals surface area contributed by atoms with Crippen LogP contribution in [0.1, 0.15) is 30.6 Å². The number of carboxylic acids is 1. The number of pyridine rings is 1. The Morgan fingerprint density at radius 1 is 1.29 bits per heavy atom. The fourth-order valence-electron chi connectivity index (χ4n) is 2.70. The topological polar surface area (TPSA) is 85.8 Å². The van der Waals surface area contributed by atoms with Crippen LogP contribution in [0, 0.1) is 5.92 Å². The first-order valence-electron chi connectivity index (χ1n) is 8.30. The number of carbonyl (C=O) groups excluding carboxylic acids is 1. The Labute approximate surface area is 142 Å². The van der Waals surface area contributed by atoms with Gasteiger partial charge in [-0.15, -0.1) is 0 Å². The van der Waals surface area contributed by atoms with Crippen LogP contribution < -0.4 is 10.2 Å². The highest BCUT2D eigenvalue weighted by molar-refractivity contribution is 5.97. The highest BCUT2D eigenvalue weighted by atomic mass is 16.4. The van der Waals surface area contributed by atoms with Gasteiger partial charge in [0, 0.05) is 37.9 Å². The minimum Gasteiger partial charge on any atom is -0.480 e. The smallest absolute Gasteiger partial charge is 0.326 e. The van der Waals surface area contributed by atoms with E-state index in [1.165, 1.54) is 0 Å². The number of hydrogen-bond donors (Lipinski definition) is 2. The van der Waals surface area contributed by atoms with E-state index in [0.29, 0.717) is 12.0 Å². The number of hydrogen-bond acceptors (Lipinski definition) is 5. The van der Waals surface area contributed by atoms with Gasteiger partial charge < -0.3 is 20.2 Å². The molecular weight excluding hydrogens is 308 g/mol. The second-order valence-corrected chi connectivity index (χ2v) is 6.69. The van der Waals surface area contributed by atoms with Crippen LogP contribution >= 0.6 is 0 Å². The molecule has 7 heteroatoms. The molecule has 0 spiro atoms. The molecule has 1 aromatic heterocycles. The number of aromatic nitrogens is 1. The molecule has 0 aliphatic carbocycles. The number of nitrogens with zero attached hydrogens (tertiary/aromatic N) is 3. The Bertz CT molecular complexity index is 583. The Morgan fingerprint density at radius 3 is 2.54 bits per heavy atom. The fourth-order valence-corrected chi connectivity index (χ4v) is 2.70. The van der Waals surface area contributed by atoms with Crippen molar-refractivity contribution in [3.63, 3.8) is 0 Å². The van der Waals surface area contributed by atoms with Crippen molar-refractivity contribution in [3.8, 4) is 0 Å². The van der Waals surface area contributed by atoms with Gasteiger partial charge in [0.25, 0.3) is 5.91 Å². The number of nitrogens with one attached hydrogen (secondary N) is 1. The molecule has 0 unspecified atom stereocenters.